The van der Waals surface area contributed by atoms with E-state index in [1.807, 2.05) is 30.3 Å². The van der Waals surface area contributed by atoms with Crippen molar-refractivity contribution in [2.45, 2.75) is 12.8 Å². The number of urea groups is 1. The van der Waals surface area contributed by atoms with E-state index in [0.717, 1.165) is 28.7 Å². The molecule has 250 valence electrons. The molecule has 10 nitrogen and oxygen atoms in total. The van der Waals surface area contributed by atoms with Gasteiger partial charge in [0.05, 0.1) is 25.4 Å². The number of benzene rings is 4. The molecule has 1 aliphatic heterocycles. The van der Waals surface area contributed by atoms with Gasteiger partial charge in [-0.3, -0.25) is 14.6 Å². The first kappa shape index (κ1) is 32.9. The van der Waals surface area contributed by atoms with Crippen molar-refractivity contribution in [1.82, 2.24) is 9.88 Å². The number of carbonyl (C=O) groups is 3. The van der Waals surface area contributed by atoms with Crippen LogP contribution in [0.3, 0.4) is 0 Å². The molecule has 0 saturated carbocycles. The summed E-state index contributed by atoms with van der Waals surface area (Å²) in [4.78, 5) is 47.3. The Morgan fingerprint density at radius 1 is 0.878 bits per heavy atom. The van der Waals surface area contributed by atoms with Gasteiger partial charge in [0.25, 0.3) is 0 Å². The fourth-order valence-electron chi connectivity index (χ4n) is 5.64. The number of hydrogen-bond acceptors (Lipinski definition) is 7. The Labute approximate surface area is 280 Å². The highest BCUT2D eigenvalue weighted by Gasteiger charge is 2.43. The first-order valence-corrected chi connectivity index (χ1v) is 15.5. The van der Waals surface area contributed by atoms with Crippen molar-refractivity contribution in [3.05, 3.63) is 114 Å². The maximum Gasteiger partial charge on any atom is 0.331 e. The van der Waals surface area contributed by atoms with E-state index in [4.69, 9.17) is 14.2 Å². The Kier molecular flexibility index (Phi) is 9.65. The Morgan fingerprint density at radius 2 is 1.61 bits per heavy atom. The third-order valence-corrected chi connectivity index (χ3v) is 8.15. The lowest BCUT2D eigenvalue weighted by Crippen LogP contribution is -2.59. The molecule has 6 rings (SSSR count). The summed E-state index contributed by atoms with van der Waals surface area (Å²) in [5, 5.41) is 3.17. The van der Waals surface area contributed by atoms with Crippen LogP contribution < -0.4 is 24.4 Å². The van der Waals surface area contributed by atoms with E-state index < -0.39 is 35.4 Å². The minimum atomic E-state index is -1.31. The number of fused-ring (bicyclic) bond motifs is 1. The highest BCUT2D eigenvalue weighted by molar-refractivity contribution is 6.23. The summed E-state index contributed by atoms with van der Waals surface area (Å²) in [6.07, 6.45) is 2.77. The van der Waals surface area contributed by atoms with Crippen molar-refractivity contribution in [2.75, 3.05) is 37.5 Å². The van der Waals surface area contributed by atoms with Crippen LogP contribution in [0, 0.1) is 17.6 Å². The van der Waals surface area contributed by atoms with Crippen LogP contribution in [0.1, 0.15) is 12.0 Å². The van der Waals surface area contributed by atoms with Gasteiger partial charge in [0, 0.05) is 42.5 Å². The van der Waals surface area contributed by atoms with Crippen molar-refractivity contribution in [3.8, 4) is 23.0 Å². The average molecular weight is 667 g/mol. The Hall–Kier alpha value is -6.04. The Balaban J connectivity index is 1.20. The summed E-state index contributed by atoms with van der Waals surface area (Å²) in [7, 11) is 3.00. The van der Waals surface area contributed by atoms with E-state index in [1.54, 1.807) is 18.2 Å². The minimum absolute atomic E-state index is 0.0782. The van der Waals surface area contributed by atoms with Gasteiger partial charge in [0.2, 0.25) is 11.8 Å². The molecule has 1 fully saturated rings. The lowest BCUT2D eigenvalue weighted by Gasteiger charge is -2.38. The van der Waals surface area contributed by atoms with Crippen LogP contribution in [0.15, 0.2) is 97.2 Å². The van der Waals surface area contributed by atoms with Crippen molar-refractivity contribution in [3.63, 3.8) is 0 Å². The molecular formula is C37H32F2N4O6. The molecule has 12 heteroatoms. The second kappa shape index (κ2) is 14.4. The van der Waals surface area contributed by atoms with Gasteiger partial charge in [0.1, 0.15) is 17.5 Å². The standard InChI is InChI=1S/C37H32F2N4O6/c1-47-33-20-27-30(21-34(33)48-2)40-17-16-31(27)49-32-15-12-25(19-29(32)39)41-35(44)28-22-42(18-6-9-23-7-4-3-5-8-23)37(46)43(36(28)45)26-13-10-24(38)11-14-26/h3-5,7-8,10-17,19-21,28H,6,9,18,22H2,1-2H3,(H,41,44). The number of amides is 4. The van der Waals surface area contributed by atoms with Gasteiger partial charge in [-0.05, 0) is 66.9 Å². The molecule has 49 heavy (non-hydrogen) atoms. The van der Waals surface area contributed by atoms with E-state index in [0.29, 0.717) is 41.0 Å². The van der Waals surface area contributed by atoms with Crippen LogP contribution in [0.4, 0.5) is 25.0 Å². The molecule has 0 spiro atoms. The topological polar surface area (TPSA) is 110 Å². The number of nitrogens with one attached hydrogen (secondary N) is 1. The van der Waals surface area contributed by atoms with Gasteiger partial charge in [-0.25, -0.2) is 18.5 Å². The van der Waals surface area contributed by atoms with Crippen LogP contribution in [-0.2, 0) is 16.0 Å². The van der Waals surface area contributed by atoms with E-state index >= 15 is 4.39 Å². The molecule has 4 aromatic carbocycles. The number of imide groups is 1. The van der Waals surface area contributed by atoms with Crippen LogP contribution in [0.2, 0.25) is 0 Å². The fourth-order valence-corrected chi connectivity index (χ4v) is 5.64. The normalized spacial score (nSPS) is 14.6. The maximum absolute atomic E-state index is 15.4. The summed E-state index contributed by atoms with van der Waals surface area (Å²) < 4.78 is 45.7. The molecule has 1 saturated heterocycles. The first-order valence-electron chi connectivity index (χ1n) is 15.5. The van der Waals surface area contributed by atoms with Crippen LogP contribution in [0.5, 0.6) is 23.0 Å². The molecule has 4 amide bonds. The summed E-state index contributed by atoms with van der Waals surface area (Å²) in [6.45, 7) is 0.0918. The molecule has 1 atom stereocenters. The zero-order chi connectivity index (χ0) is 34.5. The molecule has 1 aromatic heterocycles. The number of carbonyl (C=O) groups excluding carboxylic acids is 3. The quantitative estimate of drug-likeness (QED) is 0.152. The van der Waals surface area contributed by atoms with Gasteiger partial charge >= 0.3 is 6.03 Å². The number of methoxy groups -OCH3 is 2. The van der Waals surface area contributed by atoms with Crippen molar-refractivity contribution in [2.24, 2.45) is 5.92 Å². The van der Waals surface area contributed by atoms with Gasteiger partial charge in [-0.1, -0.05) is 30.3 Å². The summed E-state index contributed by atoms with van der Waals surface area (Å²) in [6, 6.07) is 22.8. The monoisotopic (exact) mass is 666 g/mol. The maximum atomic E-state index is 15.4. The molecule has 1 aliphatic rings. The molecular weight excluding hydrogens is 634 g/mol. The van der Waals surface area contributed by atoms with Crippen LogP contribution in [0.25, 0.3) is 10.9 Å². The number of hydrogen-bond donors (Lipinski definition) is 1. The summed E-state index contributed by atoms with van der Waals surface area (Å²) in [5.41, 5.74) is 1.84. The Bertz CT molecular complexity index is 2010. The van der Waals surface area contributed by atoms with E-state index in [-0.39, 0.29) is 30.2 Å². The zero-order valence-electron chi connectivity index (χ0n) is 26.7. The minimum Gasteiger partial charge on any atom is -0.493 e. The van der Waals surface area contributed by atoms with Gasteiger partial charge < -0.3 is 24.4 Å². The van der Waals surface area contributed by atoms with E-state index in [1.165, 1.54) is 49.6 Å². The van der Waals surface area contributed by atoms with E-state index in [2.05, 4.69) is 10.3 Å². The average Bonchev–Trinajstić information content (AvgIpc) is 3.11. The van der Waals surface area contributed by atoms with Crippen molar-refractivity contribution in [1.29, 1.82) is 0 Å². The number of aryl methyl sites for hydroxylation is 1. The molecule has 0 aliphatic carbocycles. The molecule has 5 aromatic rings. The number of aromatic nitrogens is 1. The number of anilines is 2. The lowest BCUT2D eigenvalue weighted by atomic mass is 10.0. The van der Waals surface area contributed by atoms with Gasteiger partial charge in [-0.15, -0.1) is 0 Å². The number of halogens is 2. The summed E-state index contributed by atoms with van der Waals surface area (Å²) >= 11 is 0. The van der Waals surface area contributed by atoms with Gasteiger partial charge in [-0.2, -0.15) is 0 Å². The number of ether oxygens (including phenoxy) is 3. The van der Waals surface area contributed by atoms with E-state index in [9.17, 15) is 18.8 Å². The second-order valence-corrected chi connectivity index (χ2v) is 11.3. The van der Waals surface area contributed by atoms with Crippen molar-refractivity contribution < 1.29 is 37.4 Å². The Morgan fingerprint density at radius 3 is 2.33 bits per heavy atom. The molecule has 2 heterocycles. The summed E-state index contributed by atoms with van der Waals surface area (Å²) in [5.74, 6) is -3.02. The zero-order valence-corrected chi connectivity index (χ0v) is 26.7. The molecule has 1 unspecified atom stereocenters. The second-order valence-electron chi connectivity index (χ2n) is 11.3. The third kappa shape index (κ3) is 7.13. The number of rotatable bonds is 11. The molecule has 0 bridgehead atoms. The van der Waals surface area contributed by atoms with Crippen LogP contribution in [-0.4, -0.2) is 55.0 Å². The fraction of sp³-hybridized carbons (Fsp3) is 0.189. The highest BCUT2D eigenvalue weighted by atomic mass is 19.1. The predicted molar refractivity (Wildman–Crippen MR) is 179 cm³/mol. The highest BCUT2D eigenvalue weighted by Crippen LogP contribution is 2.37. The van der Waals surface area contributed by atoms with Crippen LogP contribution >= 0.6 is 0 Å². The van der Waals surface area contributed by atoms with Gasteiger partial charge in [0.15, 0.2) is 23.1 Å². The molecule has 0 radical (unpaired) electrons. The van der Waals surface area contributed by atoms with Crippen molar-refractivity contribution >= 4 is 40.1 Å². The predicted octanol–water partition coefficient (Wildman–Crippen LogP) is 6.98. The largest absolute Gasteiger partial charge is 0.493 e. The SMILES string of the molecule is COc1cc2nccc(Oc3ccc(NC(=O)C4CN(CCCc5ccccc5)C(=O)N(c5ccc(F)cc5)C4=O)cc3F)c2cc1OC. The number of nitrogens with zero attached hydrogens (tertiary/aromatic N) is 3. The third-order valence-electron chi connectivity index (χ3n) is 8.15. The number of pyridine rings is 1. The molecule has 1 N–H and O–H groups in total. The lowest BCUT2D eigenvalue weighted by molar-refractivity contribution is -0.132. The smallest absolute Gasteiger partial charge is 0.331 e. The first-order chi connectivity index (χ1) is 23.7.